The SMILES string of the molecule is N[C@H]1CCCC[C@H]1C(=O)N1CCC(CC(=O)Nc2cc(C(F)(F)F)cc(C(F)(F)F)c2)C1. The number of halogens is 6. The summed E-state index contributed by atoms with van der Waals surface area (Å²) in [7, 11) is 0. The van der Waals surface area contributed by atoms with Gasteiger partial charge in [-0.3, -0.25) is 9.59 Å². The van der Waals surface area contributed by atoms with Crippen molar-refractivity contribution in [1.29, 1.82) is 0 Å². The van der Waals surface area contributed by atoms with Gasteiger partial charge in [0.25, 0.3) is 0 Å². The van der Waals surface area contributed by atoms with Crippen LogP contribution in [0.25, 0.3) is 0 Å². The molecule has 3 N–H and O–H groups in total. The molecule has 1 aromatic rings. The van der Waals surface area contributed by atoms with Crippen molar-refractivity contribution in [1.82, 2.24) is 4.90 Å². The third-order valence-electron chi connectivity index (χ3n) is 6.08. The van der Waals surface area contributed by atoms with E-state index in [1.54, 1.807) is 4.90 Å². The molecule has 32 heavy (non-hydrogen) atoms. The molecule has 1 aliphatic carbocycles. The summed E-state index contributed by atoms with van der Waals surface area (Å²) >= 11 is 0. The van der Waals surface area contributed by atoms with E-state index >= 15 is 0 Å². The van der Waals surface area contributed by atoms with E-state index < -0.39 is 35.1 Å². The molecule has 178 valence electrons. The van der Waals surface area contributed by atoms with Crippen molar-refractivity contribution in [2.24, 2.45) is 17.6 Å². The van der Waals surface area contributed by atoms with E-state index in [4.69, 9.17) is 5.73 Å². The number of hydrogen-bond acceptors (Lipinski definition) is 3. The number of rotatable bonds is 4. The van der Waals surface area contributed by atoms with Crippen molar-refractivity contribution in [3.8, 4) is 0 Å². The van der Waals surface area contributed by atoms with Gasteiger partial charge in [-0.1, -0.05) is 12.8 Å². The van der Waals surface area contributed by atoms with Crippen molar-refractivity contribution in [2.45, 2.75) is 56.9 Å². The molecule has 3 atom stereocenters. The number of carbonyl (C=O) groups is 2. The summed E-state index contributed by atoms with van der Waals surface area (Å²) in [5.74, 6) is -1.23. The van der Waals surface area contributed by atoms with Crippen LogP contribution in [0.5, 0.6) is 0 Å². The van der Waals surface area contributed by atoms with E-state index in [1.807, 2.05) is 0 Å². The summed E-state index contributed by atoms with van der Waals surface area (Å²) in [5, 5.41) is 2.15. The third-order valence-corrected chi connectivity index (χ3v) is 6.08. The van der Waals surface area contributed by atoms with Crippen LogP contribution < -0.4 is 11.1 Å². The van der Waals surface area contributed by atoms with Gasteiger partial charge in [0.05, 0.1) is 17.0 Å². The number of amides is 2. The third kappa shape index (κ3) is 5.93. The zero-order valence-corrected chi connectivity index (χ0v) is 17.2. The van der Waals surface area contributed by atoms with Gasteiger partial charge in [0.2, 0.25) is 11.8 Å². The maximum atomic E-state index is 13.0. The lowest BCUT2D eigenvalue weighted by atomic mass is 9.84. The first kappa shape index (κ1) is 24.3. The highest BCUT2D eigenvalue weighted by Gasteiger charge is 2.38. The highest BCUT2D eigenvalue weighted by molar-refractivity contribution is 5.91. The number of nitrogens with zero attached hydrogens (tertiary/aromatic N) is 1. The van der Waals surface area contributed by atoms with Gasteiger partial charge < -0.3 is 16.0 Å². The Morgan fingerprint density at radius 3 is 2.12 bits per heavy atom. The number of nitrogens with one attached hydrogen (secondary N) is 1. The predicted molar refractivity (Wildman–Crippen MR) is 104 cm³/mol. The molecule has 2 fully saturated rings. The molecule has 1 saturated heterocycles. The number of benzene rings is 1. The molecule has 1 heterocycles. The van der Waals surface area contributed by atoms with E-state index in [0.29, 0.717) is 31.6 Å². The Kier molecular flexibility index (Phi) is 7.06. The van der Waals surface area contributed by atoms with E-state index in [2.05, 4.69) is 5.32 Å². The summed E-state index contributed by atoms with van der Waals surface area (Å²) in [6.45, 7) is 0.758. The molecule has 11 heteroatoms. The molecule has 2 amide bonds. The van der Waals surface area contributed by atoms with Crippen LogP contribution in [0, 0.1) is 11.8 Å². The van der Waals surface area contributed by atoms with E-state index in [0.717, 1.165) is 25.7 Å². The average Bonchev–Trinajstić information content (AvgIpc) is 3.14. The number of anilines is 1. The van der Waals surface area contributed by atoms with Crippen molar-refractivity contribution >= 4 is 17.5 Å². The van der Waals surface area contributed by atoms with Crippen molar-refractivity contribution < 1.29 is 35.9 Å². The topological polar surface area (TPSA) is 75.4 Å². The fourth-order valence-corrected chi connectivity index (χ4v) is 4.40. The van der Waals surface area contributed by atoms with Crippen LogP contribution >= 0.6 is 0 Å². The maximum Gasteiger partial charge on any atom is 0.416 e. The molecule has 0 aromatic heterocycles. The predicted octanol–water partition coefficient (Wildman–Crippen LogP) is 4.42. The Morgan fingerprint density at radius 2 is 1.56 bits per heavy atom. The van der Waals surface area contributed by atoms with Crippen LogP contribution in [-0.2, 0) is 21.9 Å². The average molecular weight is 465 g/mol. The second-order valence-electron chi connectivity index (χ2n) is 8.54. The van der Waals surface area contributed by atoms with Gasteiger partial charge >= 0.3 is 12.4 Å². The number of carbonyl (C=O) groups excluding carboxylic acids is 2. The van der Waals surface area contributed by atoms with Crippen LogP contribution in [0.4, 0.5) is 32.0 Å². The smallest absolute Gasteiger partial charge is 0.342 e. The monoisotopic (exact) mass is 465 g/mol. The lowest BCUT2D eigenvalue weighted by molar-refractivity contribution is -0.143. The number of alkyl halides is 6. The second-order valence-corrected chi connectivity index (χ2v) is 8.54. The van der Waals surface area contributed by atoms with Crippen molar-refractivity contribution in [3.63, 3.8) is 0 Å². The highest BCUT2D eigenvalue weighted by Crippen LogP contribution is 2.37. The van der Waals surface area contributed by atoms with Crippen LogP contribution in [0.15, 0.2) is 18.2 Å². The van der Waals surface area contributed by atoms with Crippen LogP contribution in [-0.4, -0.2) is 35.8 Å². The zero-order valence-electron chi connectivity index (χ0n) is 17.2. The van der Waals surface area contributed by atoms with Gasteiger partial charge in [0.15, 0.2) is 0 Å². The lowest BCUT2D eigenvalue weighted by Crippen LogP contribution is -2.45. The van der Waals surface area contributed by atoms with Crippen LogP contribution in [0.2, 0.25) is 0 Å². The minimum absolute atomic E-state index is 0.00604. The minimum Gasteiger partial charge on any atom is -0.342 e. The Labute approximate surface area is 181 Å². The molecule has 0 spiro atoms. The summed E-state index contributed by atoms with van der Waals surface area (Å²) in [6, 6.07) is 0.762. The molecule has 0 bridgehead atoms. The fraction of sp³-hybridized carbons (Fsp3) is 0.619. The highest BCUT2D eigenvalue weighted by atomic mass is 19.4. The molecule has 5 nitrogen and oxygen atoms in total. The first-order valence-corrected chi connectivity index (χ1v) is 10.5. The van der Waals surface area contributed by atoms with Gasteiger partial charge in [0, 0.05) is 31.2 Å². The second kappa shape index (κ2) is 9.29. The lowest BCUT2D eigenvalue weighted by Gasteiger charge is -2.31. The fourth-order valence-electron chi connectivity index (χ4n) is 4.40. The summed E-state index contributed by atoms with van der Waals surface area (Å²) in [6.07, 6.45) is -6.15. The first-order valence-electron chi connectivity index (χ1n) is 10.5. The largest absolute Gasteiger partial charge is 0.416 e. The van der Waals surface area contributed by atoms with Crippen molar-refractivity contribution in [2.75, 3.05) is 18.4 Å². The number of likely N-dealkylation sites (tertiary alicyclic amines) is 1. The van der Waals surface area contributed by atoms with E-state index in [-0.39, 0.29) is 36.3 Å². The molecular formula is C21H25F6N3O2. The molecular weight excluding hydrogens is 440 g/mol. The van der Waals surface area contributed by atoms with Crippen LogP contribution in [0.1, 0.15) is 49.7 Å². The Bertz CT molecular complexity index is 823. The van der Waals surface area contributed by atoms with Gasteiger partial charge in [-0.15, -0.1) is 0 Å². The number of nitrogens with two attached hydrogens (primary N) is 1. The molecule has 1 unspecified atom stereocenters. The normalized spacial score (nSPS) is 24.5. The Balaban J connectivity index is 1.62. The van der Waals surface area contributed by atoms with E-state index in [9.17, 15) is 35.9 Å². The number of hydrogen-bond donors (Lipinski definition) is 2. The Morgan fingerprint density at radius 1 is 0.969 bits per heavy atom. The van der Waals surface area contributed by atoms with E-state index in [1.165, 1.54) is 0 Å². The summed E-state index contributed by atoms with van der Waals surface area (Å²) in [5.41, 5.74) is 2.50. The molecule has 0 radical (unpaired) electrons. The quantitative estimate of drug-likeness (QED) is 0.647. The molecule has 3 rings (SSSR count). The maximum absolute atomic E-state index is 13.0. The van der Waals surface area contributed by atoms with Gasteiger partial charge in [-0.05, 0) is 43.4 Å². The summed E-state index contributed by atoms with van der Waals surface area (Å²) in [4.78, 5) is 26.7. The first-order chi connectivity index (χ1) is 14.8. The molecule has 1 saturated carbocycles. The molecule has 1 aliphatic heterocycles. The van der Waals surface area contributed by atoms with Gasteiger partial charge in [-0.25, -0.2) is 0 Å². The van der Waals surface area contributed by atoms with Gasteiger partial charge in [0.1, 0.15) is 0 Å². The van der Waals surface area contributed by atoms with Crippen molar-refractivity contribution in [3.05, 3.63) is 29.3 Å². The molecule has 1 aromatic carbocycles. The summed E-state index contributed by atoms with van der Waals surface area (Å²) < 4.78 is 77.8. The van der Waals surface area contributed by atoms with Gasteiger partial charge in [-0.2, -0.15) is 26.3 Å². The minimum atomic E-state index is -4.99. The zero-order chi connectivity index (χ0) is 23.7. The Hall–Kier alpha value is -2.30. The molecule has 2 aliphatic rings. The van der Waals surface area contributed by atoms with Crippen LogP contribution in [0.3, 0.4) is 0 Å². The standard InChI is InChI=1S/C21H25F6N3O2/c22-20(23,24)13-8-14(21(25,26)27)10-15(9-13)29-18(31)7-12-5-6-30(11-12)19(32)16-3-1-2-4-17(16)28/h8-10,12,16-17H,1-7,11,28H2,(H,29,31)/t12?,16-,17+/m1/s1.